The van der Waals surface area contributed by atoms with E-state index in [1.807, 2.05) is 7.11 Å². The van der Waals surface area contributed by atoms with Crippen molar-refractivity contribution in [3.8, 4) is 0 Å². The fourth-order valence-corrected chi connectivity index (χ4v) is 5.01. The maximum atomic E-state index is 5.77. The second kappa shape index (κ2) is 33.2. The predicted octanol–water partition coefficient (Wildman–Crippen LogP) is 12.9. The zero-order chi connectivity index (χ0) is 26.9. The topological polar surface area (TPSA) is 9.23 Å². The molecule has 0 aliphatic heterocycles. The van der Waals surface area contributed by atoms with Crippen LogP contribution in [0.15, 0.2) is 36.5 Å². The van der Waals surface area contributed by atoms with E-state index in [1.165, 1.54) is 161 Å². The Morgan fingerprint density at radius 1 is 0.405 bits per heavy atom. The Morgan fingerprint density at radius 3 is 1.16 bits per heavy atom. The monoisotopic (exact) mass is 517 g/mol. The fourth-order valence-electron chi connectivity index (χ4n) is 5.01. The third kappa shape index (κ3) is 31.3. The van der Waals surface area contributed by atoms with Gasteiger partial charge in [0, 0.05) is 7.11 Å². The summed E-state index contributed by atoms with van der Waals surface area (Å²) in [5.74, 6) is 0. The number of hydrogen-bond donors (Lipinski definition) is 0. The van der Waals surface area contributed by atoms with Crippen LogP contribution in [0.4, 0.5) is 0 Å². The molecule has 0 fully saturated rings. The van der Waals surface area contributed by atoms with Crippen LogP contribution in [-0.2, 0) is 4.74 Å². The number of rotatable bonds is 30. The minimum Gasteiger partial charge on any atom is -0.381 e. The van der Waals surface area contributed by atoms with Gasteiger partial charge in [0.25, 0.3) is 0 Å². The van der Waals surface area contributed by atoms with Gasteiger partial charge in [-0.2, -0.15) is 0 Å². The largest absolute Gasteiger partial charge is 0.381 e. The van der Waals surface area contributed by atoms with Gasteiger partial charge >= 0.3 is 0 Å². The molecule has 0 aromatic carbocycles. The van der Waals surface area contributed by atoms with Crippen LogP contribution < -0.4 is 0 Å². The normalized spacial score (nSPS) is 13.1. The lowest BCUT2D eigenvalue weighted by Gasteiger charge is -2.15. The summed E-state index contributed by atoms with van der Waals surface area (Å²) in [4.78, 5) is 0. The van der Waals surface area contributed by atoms with Crippen LogP contribution in [0.1, 0.15) is 181 Å². The van der Waals surface area contributed by atoms with E-state index >= 15 is 0 Å². The summed E-state index contributed by atoms with van der Waals surface area (Å²) in [5, 5.41) is 0. The van der Waals surface area contributed by atoms with Crippen LogP contribution in [0.3, 0.4) is 0 Å². The van der Waals surface area contributed by atoms with Gasteiger partial charge in [0.15, 0.2) is 0 Å². The second-order valence-corrected chi connectivity index (χ2v) is 11.3. The molecule has 0 bridgehead atoms. The zero-order valence-corrected chi connectivity index (χ0v) is 25.8. The van der Waals surface area contributed by atoms with Crippen molar-refractivity contribution in [1.82, 2.24) is 0 Å². The SMILES string of the molecule is CCCCC/C=C\C/C=C\CCCCCCCCC(CCCCCCC/C=C/CCCCCCC)OC. The van der Waals surface area contributed by atoms with Crippen molar-refractivity contribution >= 4 is 0 Å². The van der Waals surface area contributed by atoms with E-state index in [9.17, 15) is 0 Å². The first-order valence-electron chi connectivity index (χ1n) is 16.8. The van der Waals surface area contributed by atoms with Gasteiger partial charge in [0.05, 0.1) is 6.10 Å². The quantitative estimate of drug-likeness (QED) is 0.0681. The van der Waals surface area contributed by atoms with Gasteiger partial charge < -0.3 is 4.74 Å². The van der Waals surface area contributed by atoms with E-state index < -0.39 is 0 Å². The summed E-state index contributed by atoms with van der Waals surface area (Å²) in [6, 6.07) is 0. The molecule has 0 amide bonds. The highest BCUT2D eigenvalue weighted by atomic mass is 16.5. The number of methoxy groups -OCH3 is 1. The Hall–Kier alpha value is -0.820. The van der Waals surface area contributed by atoms with Crippen LogP contribution >= 0.6 is 0 Å². The number of unbranched alkanes of at least 4 members (excludes halogenated alkanes) is 19. The predicted molar refractivity (Wildman–Crippen MR) is 170 cm³/mol. The molecule has 0 spiro atoms. The molecule has 0 saturated carbocycles. The average molecular weight is 517 g/mol. The molecule has 0 N–H and O–H groups in total. The third-order valence-corrected chi connectivity index (χ3v) is 7.60. The van der Waals surface area contributed by atoms with Gasteiger partial charge in [0.1, 0.15) is 0 Å². The number of ether oxygens (including phenoxy) is 1. The summed E-state index contributed by atoms with van der Waals surface area (Å²) in [7, 11) is 1.91. The van der Waals surface area contributed by atoms with Gasteiger partial charge in [-0.25, -0.2) is 0 Å². The summed E-state index contributed by atoms with van der Waals surface area (Å²) in [6.07, 6.45) is 49.6. The molecule has 1 atom stereocenters. The Bertz CT molecular complexity index is 489. The lowest BCUT2D eigenvalue weighted by atomic mass is 10.0. The molecule has 0 heterocycles. The smallest absolute Gasteiger partial charge is 0.0571 e. The second-order valence-electron chi connectivity index (χ2n) is 11.3. The van der Waals surface area contributed by atoms with Crippen molar-refractivity contribution in [2.24, 2.45) is 0 Å². The Morgan fingerprint density at radius 2 is 0.730 bits per heavy atom. The molecule has 0 aromatic heterocycles. The average Bonchev–Trinajstić information content (AvgIpc) is 2.91. The lowest BCUT2D eigenvalue weighted by molar-refractivity contribution is 0.0831. The molecular formula is C36H68O. The van der Waals surface area contributed by atoms with Gasteiger partial charge in [-0.3, -0.25) is 0 Å². The molecule has 0 saturated heterocycles. The Labute approximate surface area is 235 Å². The zero-order valence-electron chi connectivity index (χ0n) is 25.8. The van der Waals surface area contributed by atoms with Gasteiger partial charge in [-0.15, -0.1) is 0 Å². The van der Waals surface area contributed by atoms with Crippen LogP contribution in [0.5, 0.6) is 0 Å². The van der Waals surface area contributed by atoms with Crippen molar-refractivity contribution in [2.75, 3.05) is 7.11 Å². The summed E-state index contributed by atoms with van der Waals surface area (Å²) < 4.78 is 5.77. The van der Waals surface area contributed by atoms with Crippen molar-refractivity contribution in [3.63, 3.8) is 0 Å². The lowest BCUT2D eigenvalue weighted by Crippen LogP contribution is -2.10. The maximum absolute atomic E-state index is 5.77. The fraction of sp³-hybridized carbons (Fsp3) is 0.833. The van der Waals surface area contributed by atoms with Crippen molar-refractivity contribution in [3.05, 3.63) is 36.5 Å². The summed E-state index contributed by atoms with van der Waals surface area (Å²) in [5.41, 5.74) is 0. The van der Waals surface area contributed by atoms with E-state index in [0.29, 0.717) is 6.10 Å². The van der Waals surface area contributed by atoms with E-state index in [0.717, 1.165) is 6.42 Å². The first-order chi connectivity index (χ1) is 18.3. The third-order valence-electron chi connectivity index (χ3n) is 7.60. The van der Waals surface area contributed by atoms with E-state index in [2.05, 4.69) is 50.3 Å². The number of hydrogen-bond acceptors (Lipinski definition) is 1. The first kappa shape index (κ1) is 36.2. The highest BCUT2D eigenvalue weighted by Gasteiger charge is 2.06. The van der Waals surface area contributed by atoms with Crippen LogP contribution in [0, 0.1) is 0 Å². The minimum absolute atomic E-state index is 0.492. The van der Waals surface area contributed by atoms with Crippen LogP contribution in [0.25, 0.3) is 0 Å². The van der Waals surface area contributed by atoms with E-state index in [4.69, 9.17) is 4.74 Å². The van der Waals surface area contributed by atoms with E-state index in [1.54, 1.807) is 0 Å². The summed E-state index contributed by atoms with van der Waals surface area (Å²) in [6.45, 7) is 4.56. The first-order valence-corrected chi connectivity index (χ1v) is 16.8. The molecule has 0 radical (unpaired) electrons. The summed E-state index contributed by atoms with van der Waals surface area (Å²) >= 11 is 0. The standard InChI is InChI=1S/C36H68O/c1-4-6-8-10-12-14-16-18-20-21-23-25-27-29-31-33-35-36(37-3)34-32-30-28-26-24-22-19-17-15-13-11-9-7-5-2/h12,14,17-20,36H,4-11,13,15-16,21-35H2,1-3H3/b14-12-,19-17+,20-18-. The Kier molecular flexibility index (Phi) is 32.5. The van der Waals surface area contributed by atoms with Crippen LogP contribution in [-0.4, -0.2) is 13.2 Å². The molecule has 1 heteroatoms. The van der Waals surface area contributed by atoms with Crippen molar-refractivity contribution in [2.45, 2.75) is 187 Å². The van der Waals surface area contributed by atoms with E-state index in [-0.39, 0.29) is 0 Å². The minimum atomic E-state index is 0.492. The molecule has 1 nitrogen and oxygen atoms in total. The highest BCUT2D eigenvalue weighted by Crippen LogP contribution is 2.16. The maximum Gasteiger partial charge on any atom is 0.0571 e. The molecule has 0 aliphatic carbocycles. The van der Waals surface area contributed by atoms with Crippen molar-refractivity contribution < 1.29 is 4.74 Å². The van der Waals surface area contributed by atoms with Crippen molar-refractivity contribution in [1.29, 1.82) is 0 Å². The van der Waals surface area contributed by atoms with Crippen LogP contribution in [0.2, 0.25) is 0 Å². The molecule has 37 heavy (non-hydrogen) atoms. The number of allylic oxidation sites excluding steroid dienone is 6. The van der Waals surface area contributed by atoms with Gasteiger partial charge in [-0.05, 0) is 70.6 Å². The molecule has 1 unspecified atom stereocenters. The molecule has 218 valence electrons. The molecular weight excluding hydrogens is 448 g/mol. The Balaban J connectivity index is 3.38. The van der Waals surface area contributed by atoms with Gasteiger partial charge in [0.2, 0.25) is 0 Å². The van der Waals surface area contributed by atoms with Gasteiger partial charge in [-0.1, -0.05) is 147 Å². The molecule has 0 rings (SSSR count). The molecule has 0 aliphatic rings. The highest BCUT2D eigenvalue weighted by molar-refractivity contribution is 4.92. The molecule has 0 aromatic rings.